The van der Waals surface area contributed by atoms with Gasteiger partial charge in [0.1, 0.15) is 0 Å². The molecule has 124 valence electrons. The summed E-state index contributed by atoms with van der Waals surface area (Å²) in [5, 5.41) is 10.7. The molecule has 22 heavy (non-hydrogen) atoms. The van der Waals surface area contributed by atoms with Gasteiger partial charge in [0, 0.05) is 4.83 Å². The van der Waals surface area contributed by atoms with Crippen molar-refractivity contribution in [1.29, 1.82) is 0 Å². The Balaban J connectivity index is 1.68. The number of rotatable bonds is 0. The number of hydrogen-bond acceptors (Lipinski definition) is 1. The van der Waals surface area contributed by atoms with Crippen molar-refractivity contribution in [2.45, 2.75) is 76.6 Å². The molecule has 0 aromatic heterocycles. The van der Waals surface area contributed by atoms with Crippen molar-refractivity contribution in [2.75, 3.05) is 0 Å². The summed E-state index contributed by atoms with van der Waals surface area (Å²) < 4.78 is 0. The summed E-state index contributed by atoms with van der Waals surface area (Å²) in [6, 6.07) is 0. The topological polar surface area (TPSA) is 20.2 Å². The van der Waals surface area contributed by atoms with E-state index in [4.69, 9.17) is 0 Å². The quantitative estimate of drug-likeness (QED) is 0.454. The Labute approximate surface area is 144 Å². The number of fused-ring (bicyclic) bond motifs is 5. The van der Waals surface area contributed by atoms with Gasteiger partial charge in [0.05, 0.1) is 6.10 Å². The minimum absolute atomic E-state index is 0.150. The van der Waals surface area contributed by atoms with Gasteiger partial charge >= 0.3 is 0 Å². The van der Waals surface area contributed by atoms with Crippen LogP contribution in [0, 0.1) is 34.5 Å². The fraction of sp³-hybridized carbons (Fsp3) is 0.900. The van der Waals surface area contributed by atoms with Gasteiger partial charge in [-0.3, -0.25) is 0 Å². The Morgan fingerprint density at radius 3 is 2.73 bits per heavy atom. The van der Waals surface area contributed by atoms with Gasteiger partial charge in [-0.05, 0) is 79.4 Å². The number of hydrogen-bond donors (Lipinski definition) is 1. The average Bonchev–Trinajstić information content (AvgIpc) is 2.72. The molecule has 1 N–H and O–H groups in total. The second-order valence-electron chi connectivity index (χ2n) is 9.35. The molecule has 0 radical (unpaired) electrons. The lowest BCUT2D eigenvalue weighted by atomic mass is 9.47. The van der Waals surface area contributed by atoms with Crippen LogP contribution in [0.3, 0.4) is 0 Å². The van der Waals surface area contributed by atoms with Gasteiger partial charge in [0.25, 0.3) is 0 Å². The van der Waals surface area contributed by atoms with Crippen molar-refractivity contribution in [3.8, 4) is 0 Å². The smallest absolute Gasteiger partial charge is 0.0721 e. The highest BCUT2D eigenvalue weighted by molar-refractivity contribution is 9.09. The summed E-state index contributed by atoms with van der Waals surface area (Å²) in [5.41, 5.74) is 2.40. The standard InChI is InChI=1S/C20H31BrO/c1-12-6-8-19(2)13(10-12)4-5-14-15(19)7-9-20(3)16(14)11-17(21)18(20)22/h4,12,14-18,22H,5-11H2,1-3H3/t12-,14+,15-,16-,17+,18+,19-,20-/m0/s1. The van der Waals surface area contributed by atoms with E-state index in [1.807, 2.05) is 0 Å². The fourth-order valence-corrected chi connectivity index (χ4v) is 7.79. The van der Waals surface area contributed by atoms with Crippen LogP contribution in [0.2, 0.25) is 0 Å². The maximum atomic E-state index is 10.7. The molecule has 4 aliphatic rings. The predicted molar refractivity (Wildman–Crippen MR) is 95.0 cm³/mol. The SMILES string of the molecule is C[C@H]1CC[C@@]2(C)C(=CC[C@H]3[C@@H]4C[C@@H](Br)[C@@H](O)[C@@]4(C)CC[C@@H]32)C1. The molecule has 2 heteroatoms. The molecule has 4 aliphatic carbocycles. The lowest BCUT2D eigenvalue weighted by Crippen LogP contribution is -2.50. The molecule has 0 aliphatic heterocycles. The summed E-state index contributed by atoms with van der Waals surface area (Å²) in [6.07, 6.45) is 11.6. The number of aliphatic hydroxyl groups is 1. The zero-order chi connectivity index (χ0) is 15.7. The molecule has 3 saturated carbocycles. The first-order chi connectivity index (χ1) is 10.4. The average molecular weight is 367 g/mol. The molecule has 0 aromatic rings. The summed E-state index contributed by atoms with van der Waals surface area (Å²) in [4.78, 5) is 0.311. The molecule has 3 fully saturated rings. The summed E-state index contributed by atoms with van der Waals surface area (Å²) in [6.45, 7) is 7.36. The molecule has 0 amide bonds. The summed E-state index contributed by atoms with van der Waals surface area (Å²) in [7, 11) is 0. The Hall–Kier alpha value is 0.180. The molecule has 0 heterocycles. The van der Waals surface area contributed by atoms with Gasteiger partial charge in [-0.25, -0.2) is 0 Å². The van der Waals surface area contributed by atoms with E-state index in [9.17, 15) is 5.11 Å². The van der Waals surface area contributed by atoms with E-state index in [2.05, 4.69) is 42.8 Å². The maximum Gasteiger partial charge on any atom is 0.0721 e. The Morgan fingerprint density at radius 1 is 1.18 bits per heavy atom. The molecule has 0 bridgehead atoms. The van der Waals surface area contributed by atoms with Crippen LogP contribution >= 0.6 is 15.9 Å². The molecule has 0 aromatic carbocycles. The summed E-state index contributed by atoms with van der Waals surface area (Å²) >= 11 is 3.77. The lowest BCUT2D eigenvalue weighted by molar-refractivity contribution is -0.0671. The predicted octanol–water partition coefficient (Wildman–Crippen LogP) is 5.32. The molecular formula is C20H31BrO. The van der Waals surface area contributed by atoms with Crippen molar-refractivity contribution in [2.24, 2.45) is 34.5 Å². The van der Waals surface area contributed by atoms with E-state index in [1.165, 1.54) is 44.9 Å². The molecule has 4 rings (SSSR count). The minimum Gasteiger partial charge on any atom is -0.391 e. The first-order valence-electron chi connectivity index (χ1n) is 9.38. The lowest BCUT2D eigenvalue weighted by Gasteiger charge is -2.57. The van der Waals surface area contributed by atoms with Crippen molar-refractivity contribution in [3.63, 3.8) is 0 Å². The number of allylic oxidation sites excluding steroid dienone is 2. The largest absolute Gasteiger partial charge is 0.391 e. The highest BCUT2D eigenvalue weighted by Crippen LogP contribution is 2.65. The van der Waals surface area contributed by atoms with Crippen LogP contribution in [-0.2, 0) is 0 Å². The molecule has 0 saturated heterocycles. The third kappa shape index (κ3) is 1.98. The minimum atomic E-state index is -0.150. The monoisotopic (exact) mass is 366 g/mol. The molecule has 8 atom stereocenters. The van der Waals surface area contributed by atoms with Crippen LogP contribution in [0.1, 0.15) is 65.7 Å². The molecule has 1 nitrogen and oxygen atoms in total. The highest BCUT2D eigenvalue weighted by atomic mass is 79.9. The van der Waals surface area contributed by atoms with Crippen LogP contribution in [0.15, 0.2) is 11.6 Å². The van der Waals surface area contributed by atoms with Crippen LogP contribution in [0.4, 0.5) is 0 Å². The summed E-state index contributed by atoms with van der Waals surface area (Å²) in [5.74, 6) is 3.26. The molecule has 0 unspecified atom stereocenters. The van der Waals surface area contributed by atoms with Crippen LogP contribution in [0.5, 0.6) is 0 Å². The van der Waals surface area contributed by atoms with E-state index in [0.29, 0.717) is 16.2 Å². The van der Waals surface area contributed by atoms with E-state index in [-0.39, 0.29) is 11.5 Å². The Bertz CT molecular complexity index is 500. The molecular weight excluding hydrogens is 336 g/mol. The second kappa shape index (κ2) is 5.09. The number of aliphatic hydroxyl groups excluding tert-OH is 1. The van der Waals surface area contributed by atoms with E-state index in [1.54, 1.807) is 5.57 Å². The van der Waals surface area contributed by atoms with E-state index < -0.39 is 0 Å². The van der Waals surface area contributed by atoms with Crippen molar-refractivity contribution in [1.82, 2.24) is 0 Å². The first-order valence-corrected chi connectivity index (χ1v) is 10.3. The molecule has 0 spiro atoms. The zero-order valence-corrected chi connectivity index (χ0v) is 15.9. The first kappa shape index (κ1) is 15.7. The number of halogens is 1. The Kier molecular flexibility index (Phi) is 3.63. The zero-order valence-electron chi connectivity index (χ0n) is 14.3. The van der Waals surface area contributed by atoms with E-state index >= 15 is 0 Å². The van der Waals surface area contributed by atoms with Gasteiger partial charge < -0.3 is 5.11 Å². The highest BCUT2D eigenvalue weighted by Gasteiger charge is 2.60. The third-order valence-corrected chi connectivity index (χ3v) is 9.16. The second-order valence-corrected chi connectivity index (χ2v) is 10.5. The van der Waals surface area contributed by atoms with Crippen molar-refractivity contribution in [3.05, 3.63) is 11.6 Å². The van der Waals surface area contributed by atoms with Gasteiger partial charge in [0.2, 0.25) is 0 Å². The van der Waals surface area contributed by atoms with Crippen LogP contribution < -0.4 is 0 Å². The normalized spacial score (nSPS) is 57.6. The number of alkyl halides is 1. The van der Waals surface area contributed by atoms with Gasteiger partial charge in [0.15, 0.2) is 0 Å². The van der Waals surface area contributed by atoms with Crippen molar-refractivity contribution >= 4 is 15.9 Å². The van der Waals surface area contributed by atoms with Gasteiger partial charge in [-0.1, -0.05) is 48.4 Å². The van der Waals surface area contributed by atoms with Crippen molar-refractivity contribution < 1.29 is 5.11 Å². The van der Waals surface area contributed by atoms with Gasteiger partial charge in [-0.15, -0.1) is 0 Å². The maximum absolute atomic E-state index is 10.7. The Morgan fingerprint density at radius 2 is 1.95 bits per heavy atom. The van der Waals surface area contributed by atoms with Crippen LogP contribution in [0.25, 0.3) is 0 Å². The fourth-order valence-electron chi connectivity index (χ4n) is 6.79. The third-order valence-electron chi connectivity index (χ3n) is 8.29. The van der Waals surface area contributed by atoms with E-state index in [0.717, 1.165) is 17.8 Å². The van der Waals surface area contributed by atoms with Crippen LogP contribution in [-0.4, -0.2) is 16.0 Å². The van der Waals surface area contributed by atoms with Gasteiger partial charge in [-0.2, -0.15) is 0 Å².